The van der Waals surface area contributed by atoms with E-state index in [1.807, 2.05) is 26.1 Å². The maximum Gasteiger partial charge on any atom is 0.154 e. The quantitative estimate of drug-likeness (QED) is 0.896. The van der Waals surface area contributed by atoms with E-state index in [2.05, 4.69) is 22.1 Å². The van der Waals surface area contributed by atoms with E-state index >= 15 is 0 Å². The van der Waals surface area contributed by atoms with Gasteiger partial charge in [0.2, 0.25) is 0 Å². The SMILES string of the molecule is CNC(C)c1cccnc1N1CCS(=O)(=O)CC1C. The zero-order chi connectivity index (χ0) is 14.0. The summed E-state index contributed by atoms with van der Waals surface area (Å²) in [6.45, 7) is 4.54. The topological polar surface area (TPSA) is 62.3 Å². The van der Waals surface area contributed by atoms with Gasteiger partial charge in [-0.15, -0.1) is 0 Å². The van der Waals surface area contributed by atoms with Gasteiger partial charge in [-0.3, -0.25) is 0 Å². The molecule has 106 valence electrons. The van der Waals surface area contributed by atoms with E-state index in [9.17, 15) is 8.42 Å². The minimum absolute atomic E-state index is 0.0311. The third kappa shape index (κ3) is 3.06. The van der Waals surface area contributed by atoms with Crippen LogP contribution in [0.5, 0.6) is 0 Å². The first-order valence-electron chi connectivity index (χ1n) is 6.54. The van der Waals surface area contributed by atoms with Crippen LogP contribution >= 0.6 is 0 Å². The number of rotatable bonds is 3. The summed E-state index contributed by atoms with van der Waals surface area (Å²) in [4.78, 5) is 6.56. The third-order valence-corrected chi connectivity index (χ3v) is 5.45. The van der Waals surface area contributed by atoms with Crippen molar-refractivity contribution in [2.75, 3.05) is 30.0 Å². The number of nitrogens with one attached hydrogen (secondary N) is 1. The number of aromatic nitrogens is 1. The monoisotopic (exact) mass is 283 g/mol. The van der Waals surface area contributed by atoms with E-state index in [0.717, 1.165) is 11.4 Å². The predicted molar refractivity (Wildman–Crippen MR) is 77.2 cm³/mol. The molecule has 0 aliphatic carbocycles. The van der Waals surface area contributed by atoms with Crippen LogP contribution in [0.1, 0.15) is 25.5 Å². The Morgan fingerprint density at radius 3 is 2.89 bits per heavy atom. The lowest BCUT2D eigenvalue weighted by molar-refractivity contribution is 0.563. The highest BCUT2D eigenvalue weighted by atomic mass is 32.2. The summed E-state index contributed by atoms with van der Waals surface area (Å²) in [5, 5.41) is 3.21. The molecule has 1 saturated heterocycles. The Hall–Kier alpha value is -1.14. The molecule has 6 heteroatoms. The van der Waals surface area contributed by atoms with Crippen LogP contribution in [0.4, 0.5) is 5.82 Å². The van der Waals surface area contributed by atoms with Crippen LogP contribution < -0.4 is 10.2 Å². The molecule has 2 unspecified atom stereocenters. The van der Waals surface area contributed by atoms with Gasteiger partial charge >= 0.3 is 0 Å². The Balaban J connectivity index is 2.32. The first-order valence-corrected chi connectivity index (χ1v) is 8.36. The molecule has 1 aromatic heterocycles. The molecule has 0 radical (unpaired) electrons. The summed E-state index contributed by atoms with van der Waals surface area (Å²) in [6, 6.07) is 4.11. The van der Waals surface area contributed by atoms with Crippen LogP contribution in [-0.4, -0.2) is 44.5 Å². The summed E-state index contributed by atoms with van der Waals surface area (Å²) in [5.41, 5.74) is 1.11. The van der Waals surface area contributed by atoms with Crippen molar-refractivity contribution in [2.24, 2.45) is 0 Å². The Morgan fingerprint density at radius 2 is 2.26 bits per heavy atom. The Labute approximate surface area is 114 Å². The number of anilines is 1. The summed E-state index contributed by atoms with van der Waals surface area (Å²) in [7, 11) is -0.988. The van der Waals surface area contributed by atoms with Crippen molar-refractivity contribution >= 4 is 15.7 Å². The summed E-state index contributed by atoms with van der Waals surface area (Å²) < 4.78 is 23.3. The van der Waals surface area contributed by atoms with Crippen molar-refractivity contribution < 1.29 is 8.42 Å². The number of pyridine rings is 1. The lowest BCUT2D eigenvalue weighted by atomic mass is 10.1. The van der Waals surface area contributed by atoms with Crippen LogP contribution in [-0.2, 0) is 9.84 Å². The molecule has 2 atom stereocenters. The number of sulfone groups is 1. The molecule has 0 bridgehead atoms. The minimum atomic E-state index is -2.90. The lowest BCUT2D eigenvalue weighted by Gasteiger charge is -2.36. The molecule has 1 aliphatic rings. The molecular weight excluding hydrogens is 262 g/mol. The third-order valence-electron chi connectivity index (χ3n) is 3.66. The van der Waals surface area contributed by atoms with E-state index in [1.54, 1.807) is 6.20 Å². The minimum Gasteiger partial charge on any atom is -0.352 e. The van der Waals surface area contributed by atoms with Crippen molar-refractivity contribution in [2.45, 2.75) is 25.9 Å². The highest BCUT2D eigenvalue weighted by molar-refractivity contribution is 7.91. The maximum atomic E-state index is 11.7. The van der Waals surface area contributed by atoms with Crippen LogP contribution in [0.3, 0.4) is 0 Å². The van der Waals surface area contributed by atoms with Crippen molar-refractivity contribution in [3.63, 3.8) is 0 Å². The normalized spacial score (nSPS) is 24.2. The van der Waals surface area contributed by atoms with Gasteiger partial charge in [0.05, 0.1) is 11.5 Å². The molecular formula is C13H21N3O2S. The van der Waals surface area contributed by atoms with Gasteiger partial charge in [0, 0.05) is 30.4 Å². The van der Waals surface area contributed by atoms with Gasteiger partial charge in [-0.1, -0.05) is 6.07 Å². The Kier molecular flexibility index (Phi) is 4.10. The van der Waals surface area contributed by atoms with Gasteiger partial charge in [0.25, 0.3) is 0 Å². The zero-order valence-corrected chi connectivity index (χ0v) is 12.4. The molecule has 0 amide bonds. The first-order chi connectivity index (χ1) is 8.94. The lowest BCUT2D eigenvalue weighted by Crippen LogP contribution is -2.47. The van der Waals surface area contributed by atoms with E-state index in [1.165, 1.54) is 0 Å². The van der Waals surface area contributed by atoms with Gasteiger partial charge in [-0.05, 0) is 27.0 Å². The second-order valence-electron chi connectivity index (χ2n) is 5.08. The maximum absolute atomic E-state index is 11.7. The van der Waals surface area contributed by atoms with E-state index < -0.39 is 9.84 Å². The molecule has 19 heavy (non-hydrogen) atoms. The fourth-order valence-corrected chi connectivity index (χ4v) is 4.01. The molecule has 5 nitrogen and oxygen atoms in total. The molecule has 1 aromatic rings. The van der Waals surface area contributed by atoms with Gasteiger partial charge in [0.1, 0.15) is 5.82 Å². The van der Waals surface area contributed by atoms with Crippen molar-refractivity contribution in [3.05, 3.63) is 23.9 Å². The van der Waals surface area contributed by atoms with Crippen LogP contribution in [0.2, 0.25) is 0 Å². The van der Waals surface area contributed by atoms with Gasteiger partial charge < -0.3 is 10.2 Å². The Morgan fingerprint density at radius 1 is 1.53 bits per heavy atom. The molecule has 0 aromatic carbocycles. The summed E-state index contributed by atoms with van der Waals surface area (Å²) in [5.74, 6) is 1.31. The fraction of sp³-hybridized carbons (Fsp3) is 0.615. The van der Waals surface area contributed by atoms with Crippen LogP contribution in [0.15, 0.2) is 18.3 Å². The molecule has 2 heterocycles. The molecule has 1 fully saturated rings. The van der Waals surface area contributed by atoms with Gasteiger partial charge in [-0.2, -0.15) is 0 Å². The fourth-order valence-electron chi connectivity index (χ4n) is 2.46. The van der Waals surface area contributed by atoms with Crippen LogP contribution in [0, 0.1) is 0 Å². The molecule has 0 spiro atoms. The largest absolute Gasteiger partial charge is 0.352 e. The second-order valence-corrected chi connectivity index (χ2v) is 7.31. The van der Waals surface area contributed by atoms with Crippen molar-refractivity contribution in [3.8, 4) is 0 Å². The zero-order valence-electron chi connectivity index (χ0n) is 11.6. The number of nitrogens with zero attached hydrogens (tertiary/aromatic N) is 2. The standard InChI is InChI=1S/C13H21N3O2S/c1-10-9-19(17,18)8-7-16(10)13-12(11(2)14-3)5-4-6-15-13/h4-6,10-11,14H,7-9H2,1-3H3. The molecule has 0 saturated carbocycles. The van der Waals surface area contributed by atoms with E-state index in [-0.39, 0.29) is 23.6 Å². The van der Waals surface area contributed by atoms with Crippen LogP contribution in [0.25, 0.3) is 0 Å². The highest BCUT2D eigenvalue weighted by Gasteiger charge is 2.30. The summed E-state index contributed by atoms with van der Waals surface area (Å²) in [6.07, 6.45) is 1.76. The average Bonchev–Trinajstić information content (AvgIpc) is 2.37. The number of hydrogen-bond donors (Lipinski definition) is 1. The number of hydrogen-bond acceptors (Lipinski definition) is 5. The molecule has 1 aliphatic heterocycles. The van der Waals surface area contributed by atoms with E-state index in [0.29, 0.717) is 6.54 Å². The average molecular weight is 283 g/mol. The van der Waals surface area contributed by atoms with E-state index in [4.69, 9.17) is 0 Å². The smallest absolute Gasteiger partial charge is 0.154 e. The molecule has 2 rings (SSSR count). The Bertz CT molecular complexity index is 545. The van der Waals surface area contributed by atoms with Crippen molar-refractivity contribution in [1.82, 2.24) is 10.3 Å². The summed E-state index contributed by atoms with van der Waals surface area (Å²) >= 11 is 0. The van der Waals surface area contributed by atoms with Gasteiger partial charge in [0.15, 0.2) is 9.84 Å². The second kappa shape index (κ2) is 5.46. The van der Waals surface area contributed by atoms with Gasteiger partial charge in [-0.25, -0.2) is 13.4 Å². The first kappa shape index (κ1) is 14.3. The predicted octanol–water partition coefficient (Wildman–Crippen LogP) is 0.985. The molecule has 1 N–H and O–H groups in total. The van der Waals surface area contributed by atoms with Crippen molar-refractivity contribution in [1.29, 1.82) is 0 Å². The highest BCUT2D eigenvalue weighted by Crippen LogP contribution is 2.27.